The summed E-state index contributed by atoms with van der Waals surface area (Å²) in [6.07, 6.45) is 2.15. The molecule has 0 aliphatic carbocycles. The van der Waals surface area contributed by atoms with Crippen LogP contribution in [0.15, 0.2) is 66.8 Å². The number of amides is 2. The predicted octanol–water partition coefficient (Wildman–Crippen LogP) is 2.92. The lowest BCUT2D eigenvalue weighted by molar-refractivity contribution is -0.143. The molecule has 0 radical (unpaired) electrons. The molecule has 39 heavy (non-hydrogen) atoms. The van der Waals surface area contributed by atoms with Crippen LogP contribution in [-0.2, 0) is 24.7 Å². The van der Waals surface area contributed by atoms with E-state index in [1.807, 2.05) is 6.92 Å². The number of benzene rings is 2. The van der Waals surface area contributed by atoms with Crippen molar-refractivity contribution in [3.63, 3.8) is 0 Å². The Morgan fingerprint density at radius 1 is 1.08 bits per heavy atom. The van der Waals surface area contributed by atoms with Gasteiger partial charge in [0.15, 0.2) is 5.54 Å². The quantitative estimate of drug-likeness (QED) is 0.230. The summed E-state index contributed by atoms with van der Waals surface area (Å²) < 4.78 is 10.9. The van der Waals surface area contributed by atoms with Gasteiger partial charge < -0.3 is 24.4 Å². The molecule has 1 N–H and O–H groups in total. The van der Waals surface area contributed by atoms with Crippen LogP contribution in [0.2, 0.25) is 0 Å². The Bertz CT molecular complexity index is 1310. The highest BCUT2D eigenvalue weighted by Crippen LogP contribution is 2.53. The summed E-state index contributed by atoms with van der Waals surface area (Å²) in [4.78, 5) is 46.8. The van der Waals surface area contributed by atoms with E-state index in [0.717, 1.165) is 13.1 Å². The minimum atomic E-state index is -1.78. The van der Waals surface area contributed by atoms with Crippen LogP contribution in [0.25, 0.3) is 5.76 Å². The van der Waals surface area contributed by atoms with E-state index in [4.69, 9.17) is 9.47 Å². The molecular weight excluding hydrogens is 498 g/mol. The molecule has 0 unspecified atom stereocenters. The van der Waals surface area contributed by atoms with E-state index in [0.29, 0.717) is 55.4 Å². The van der Waals surface area contributed by atoms with Crippen LogP contribution in [0, 0.1) is 0 Å². The van der Waals surface area contributed by atoms with Gasteiger partial charge in [0.05, 0.1) is 31.1 Å². The summed E-state index contributed by atoms with van der Waals surface area (Å²) in [5, 5.41) is 11.6. The van der Waals surface area contributed by atoms with E-state index in [-0.39, 0.29) is 18.7 Å². The van der Waals surface area contributed by atoms with Gasteiger partial charge in [-0.05, 0) is 43.7 Å². The number of morpholine rings is 1. The molecule has 3 heterocycles. The standard InChI is InChI=1S/C30H33N3O6/c1-3-14-32-24-9-6-5-8-23(24)30(29(32)37)25(26(34)21-10-12-22(13-11-21)39-4-2)27(35)28(36)33(30)16-7-15-31-17-19-38-20-18-31/h3,5-6,8-13,34H,1,4,7,14-20H2,2H3/t30-/m1/s1. The van der Waals surface area contributed by atoms with E-state index < -0.39 is 28.9 Å². The van der Waals surface area contributed by atoms with Crippen molar-refractivity contribution >= 4 is 29.0 Å². The summed E-state index contributed by atoms with van der Waals surface area (Å²) in [7, 11) is 0. The van der Waals surface area contributed by atoms with Gasteiger partial charge >= 0.3 is 0 Å². The van der Waals surface area contributed by atoms with Crippen LogP contribution in [0.5, 0.6) is 5.75 Å². The van der Waals surface area contributed by atoms with E-state index in [1.165, 1.54) is 9.80 Å². The smallest absolute Gasteiger partial charge is 0.296 e. The number of aliphatic hydroxyl groups excluding tert-OH is 1. The van der Waals surface area contributed by atoms with Crippen LogP contribution in [0.4, 0.5) is 5.69 Å². The van der Waals surface area contributed by atoms with Gasteiger partial charge in [-0.1, -0.05) is 24.3 Å². The number of hydrogen-bond donors (Lipinski definition) is 1. The van der Waals surface area contributed by atoms with E-state index >= 15 is 0 Å². The third-order valence-electron chi connectivity index (χ3n) is 7.52. The number of nitrogens with zero attached hydrogens (tertiary/aromatic N) is 3. The highest BCUT2D eigenvalue weighted by atomic mass is 16.5. The van der Waals surface area contributed by atoms with Crippen molar-refractivity contribution in [2.45, 2.75) is 18.9 Å². The number of ketones is 1. The number of carbonyl (C=O) groups excluding carboxylic acids is 3. The van der Waals surface area contributed by atoms with Crippen LogP contribution >= 0.6 is 0 Å². The topological polar surface area (TPSA) is 99.6 Å². The van der Waals surface area contributed by atoms with Gasteiger partial charge in [-0.2, -0.15) is 0 Å². The molecule has 3 aliphatic rings. The van der Waals surface area contributed by atoms with Gasteiger partial charge in [0.2, 0.25) is 0 Å². The zero-order valence-electron chi connectivity index (χ0n) is 22.1. The molecule has 2 fully saturated rings. The lowest BCUT2D eigenvalue weighted by Gasteiger charge is -2.35. The average Bonchev–Trinajstić information content (AvgIpc) is 3.33. The molecule has 5 rings (SSSR count). The van der Waals surface area contributed by atoms with E-state index in [9.17, 15) is 19.5 Å². The van der Waals surface area contributed by atoms with Crippen LogP contribution in [0.3, 0.4) is 0 Å². The number of carbonyl (C=O) groups is 3. The Morgan fingerprint density at radius 2 is 1.79 bits per heavy atom. The molecule has 1 spiro atoms. The summed E-state index contributed by atoms with van der Waals surface area (Å²) in [6.45, 7) is 10.1. The Labute approximate surface area is 227 Å². The van der Waals surface area contributed by atoms with Crippen LogP contribution in [0.1, 0.15) is 24.5 Å². The summed E-state index contributed by atoms with van der Waals surface area (Å²) >= 11 is 0. The number of ether oxygens (including phenoxy) is 2. The Morgan fingerprint density at radius 3 is 2.49 bits per heavy atom. The Balaban J connectivity index is 1.63. The fourth-order valence-electron chi connectivity index (χ4n) is 5.77. The maximum atomic E-state index is 14.4. The summed E-state index contributed by atoms with van der Waals surface area (Å²) in [5.41, 5.74) is -0.597. The van der Waals surface area contributed by atoms with Crippen LogP contribution < -0.4 is 9.64 Å². The van der Waals surface area contributed by atoms with Crippen molar-refractivity contribution < 1.29 is 29.0 Å². The van der Waals surface area contributed by atoms with Crippen molar-refractivity contribution in [1.29, 1.82) is 0 Å². The first-order valence-electron chi connectivity index (χ1n) is 13.3. The van der Waals surface area contributed by atoms with Crippen LogP contribution in [-0.4, -0.2) is 85.0 Å². The molecule has 204 valence electrons. The van der Waals surface area contributed by atoms with Gasteiger partial charge in [-0.3, -0.25) is 19.3 Å². The molecule has 9 heteroatoms. The number of aliphatic hydroxyl groups is 1. The van der Waals surface area contributed by atoms with Crippen molar-refractivity contribution in [3.05, 3.63) is 77.9 Å². The Hall–Kier alpha value is -3.95. The minimum absolute atomic E-state index is 0.171. The van der Waals surface area contributed by atoms with Gasteiger partial charge in [0, 0.05) is 43.9 Å². The molecule has 2 saturated heterocycles. The SMILES string of the molecule is C=CCN1C(=O)[C@]2(C(=C(O)c3ccc(OCC)cc3)C(=O)C(=O)N2CCCN2CCOCC2)c2ccccc21. The maximum absolute atomic E-state index is 14.4. The van der Waals surface area contributed by atoms with Crippen molar-refractivity contribution in [1.82, 2.24) is 9.80 Å². The molecule has 2 aromatic carbocycles. The second kappa shape index (κ2) is 11.0. The van der Waals surface area contributed by atoms with Crippen molar-refractivity contribution in [2.24, 2.45) is 0 Å². The second-order valence-corrected chi connectivity index (χ2v) is 9.71. The van der Waals surface area contributed by atoms with E-state index in [2.05, 4.69) is 11.5 Å². The number of likely N-dealkylation sites (tertiary alicyclic amines) is 1. The third kappa shape index (κ3) is 4.41. The number of hydrogen-bond acceptors (Lipinski definition) is 7. The molecule has 9 nitrogen and oxygen atoms in total. The number of fused-ring (bicyclic) bond motifs is 2. The first-order chi connectivity index (χ1) is 18.9. The molecule has 0 saturated carbocycles. The molecule has 2 amide bonds. The highest BCUT2D eigenvalue weighted by Gasteiger charge is 2.66. The third-order valence-corrected chi connectivity index (χ3v) is 7.52. The molecule has 0 bridgehead atoms. The lowest BCUT2D eigenvalue weighted by Crippen LogP contribution is -2.52. The molecule has 0 aromatic heterocycles. The fourth-order valence-corrected chi connectivity index (χ4v) is 5.77. The van der Waals surface area contributed by atoms with Gasteiger partial charge in [-0.25, -0.2) is 0 Å². The average molecular weight is 532 g/mol. The first kappa shape index (κ1) is 26.6. The van der Waals surface area contributed by atoms with Gasteiger partial charge in [0.1, 0.15) is 11.5 Å². The summed E-state index contributed by atoms with van der Waals surface area (Å²) in [6, 6.07) is 13.7. The van der Waals surface area contributed by atoms with Crippen molar-refractivity contribution in [2.75, 3.05) is 57.4 Å². The highest BCUT2D eigenvalue weighted by molar-refractivity contribution is 6.50. The van der Waals surface area contributed by atoms with E-state index in [1.54, 1.807) is 54.6 Å². The monoisotopic (exact) mass is 531 g/mol. The predicted molar refractivity (Wildman–Crippen MR) is 146 cm³/mol. The Kier molecular flexibility index (Phi) is 7.54. The zero-order chi connectivity index (χ0) is 27.6. The van der Waals surface area contributed by atoms with Gasteiger partial charge in [0.25, 0.3) is 17.6 Å². The molecular formula is C30H33N3O6. The molecule has 1 atom stereocenters. The second-order valence-electron chi connectivity index (χ2n) is 9.71. The van der Waals surface area contributed by atoms with Gasteiger partial charge in [-0.15, -0.1) is 6.58 Å². The number of anilines is 1. The number of rotatable bonds is 9. The molecule has 2 aromatic rings. The number of para-hydroxylation sites is 1. The zero-order valence-corrected chi connectivity index (χ0v) is 22.1. The lowest BCUT2D eigenvalue weighted by atomic mass is 9.82. The maximum Gasteiger partial charge on any atom is 0.296 e. The molecule has 3 aliphatic heterocycles. The fraction of sp³-hybridized carbons (Fsp3) is 0.367. The first-order valence-corrected chi connectivity index (χ1v) is 13.3. The minimum Gasteiger partial charge on any atom is -0.507 e. The van der Waals surface area contributed by atoms with Crippen molar-refractivity contribution in [3.8, 4) is 5.75 Å². The largest absolute Gasteiger partial charge is 0.507 e. The normalized spacial score (nSPS) is 22.5. The number of Topliss-reactive ketones (excluding diaryl/α,β-unsaturated/α-hetero) is 1. The summed E-state index contributed by atoms with van der Waals surface area (Å²) in [5.74, 6) is -1.92.